The van der Waals surface area contributed by atoms with Gasteiger partial charge in [0.05, 0.1) is 0 Å². The van der Waals surface area contributed by atoms with Crippen LogP contribution in [0, 0.1) is 0 Å². The zero-order chi connectivity index (χ0) is 5.45. The van der Waals surface area contributed by atoms with Crippen LogP contribution in [0.15, 0.2) is 0 Å². The van der Waals surface area contributed by atoms with Gasteiger partial charge in [-0.05, 0) is 0 Å². The molecular formula is Br5Cd. The van der Waals surface area contributed by atoms with Gasteiger partial charge in [0.15, 0.2) is 0 Å². The molecule has 0 spiro atoms. The summed E-state index contributed by atoms with van der Waals surface area (Å²) in [5.41, 5.74) is 0. The van der Waals surface area contributed by atoms with E-state index in [1.807, 2.05) is 0 Å². The Morgan fingerprint density at radius 3 is 0.667 bits per heavy atom. The normalized spacial score (nSPS) is 15.0. The monoisotopic (exact) mass is 508 g/mol. The first-order valence-electron chi connectivity index (χ1n) is 1.34. The van der Waals surface area contributed by atoms with Crippen LogP contribution in [-0.2, 0) is 7.60 Å². The molecule has 0 amide bonds. The summed E-state index contributed by atoms with van der Waals surface area (Å²) in [5, 5.41) is 0. The second-order valence-electron chi connectivity index (χ2n) is 1.01. The zero-order valence-corrected chi connectivity index (χ0v) is 14.6. The van der Waals surface area contributed by atoms with E-state index in [1.165, 1.54) is 0 Å². The average Bonchev–Trinajstić information content (AvgIpc) is 0.650. The maximum absolute atomic E-state index is 3.37. The zero-order valence-electron chi connectivity index (χ0n) is 2.60. The summed E-state index contributed by atoms with van der Waals surface area (Å²) >= 11 is 16.9. The first-order chi connectivity index (χ1) is 2.24. The van der Waals surface area contributed by atoms with Gasteiger partial charge in [0, 0.05) is 0 Å². The van der Waals surface area contributed by atoms with E-state index in [9.17, 15) is 0 Å². The van der Waals surface area contributed by atoms with Gasteiger partial charge in [-0.1, -0.05) is 0 Å². The van der Waals surface area contributed by atoms with Crippen molar-refractivity contribution < 1.29 is 7.60 Å². The Hall–Kier alpha value is 3.32. The van der Waals surface area contributed by atoms with Crippen molar-refractivity contribution in [2.75, 3.05) is 0 Å². The molecule has 0 aromatic heterocycles. The van der Waals surface area contributed by atoms with E-state index in [2.05, 4.69) is 59.9 Å². The van der Waals surface area contributed by atoms with Crippen LogP contribution >= 0.6 is 59.9 Å². The summed E-state index contributed by atoms with van der Waals surface area (Å²) in [6.07, 6.45) is 0. The van der Waals surface area contributed by atoms with Crippen LogP contribution in [0.25, 0.3) is 0 Å². The quantitative estimate of drug-likeness (QED) is 0.427. The van der Waals surface area contributed by atoms with Crippen LogP contribution in [0.3, 0.4) is 0 Å². The minimum absolute atomic E-state index is 2.84. The van der Waals surface area contributed by atoms with Crippen LogP contribution in [0.1, 0.15) is 0 Å². The molecule has 0 aromatic rings. The molecule has 0 saturated carbocycles. The first kappa shape index (κ1) is 9.32. The topological polar surface area (TPSA) is 0 Å². The third kappa shape index (κ3) is 26.5. The molecule has 0 radical (unpaired) electrons. The molecule has 0 atom stereocenters. The standard InChI is InChI=1S/5BrH.Cd/h5*1H;/q;;;;;+5/p-5. The molecule has 0 fully saturated rings. The van der Waals surface area contributed by atoms with Gasteiger partial charge in [-0.15, -0.1) is 0 Å². The Balaban J connectivity index is 3.73. The molecule has 0 saturated heterocycles. The second kappa shape index (κ2) is 2.51. The fourth-order valence-corrected chi connectivity index (χ4v) is 0. The molecule has 0 nitrogen and oxygen atoms in total. The summed E-state index contributed by atoms with van der Waals surface area (Å²) in [6.45, 7) is 0. The van der Waals surface area contributed by atoms with Gasteiger partial charge in [-0.2, -0.15) is 0 Å². The van der Waals surface area contributed by atoms with Gasteiger partial charge in [-0.25, -0.2) is 0 Å². The van der Waals surface area contributed by atoms with E-state index in [-0.39, 0.29) is 0 Å². The van der Waals surface area contributed by atoms with Crippen molar-refractivity contribution in [3.8, 4) is 0 Å². The molecule has 0 aliphatic rings. The van der Waals surface area contributed by atoms with Crippen LogP contribution in [0.2, 0.25) is 0 Å². The number of hydrogen-bond donors (Lipinski definition) is 0. The van der Waals surface area contributed by atoms with Crippen molar-refractivity contribution in [1.29, 1.82) is 0 Å². The van der Waals surface area contributed by atoms with E-state index < -0.39 is 7.60 Å². The van der Waals surface area contributed by atoms with E-state index in [0.717, 1.165) is 0 Å². The van der Waals surface area contributed by atoms with Gasteiger partial charge in [0.2, 0.25) is 0 Å². The predicted octanol–water partition coefficient (Wildman–Crippen LogP) is 4.23. The van der Waals surface area contributed by atoms with Crippen LogP contribution in [0.4, 0.5) is 0 Å². The molecule has 37 valence electrons. The third-order valence-corrected chi connectivity index (χ3v) is 0. The molecule has 0 N–H and O–H groups in total. The molecule has 6 heavy (non-hydrogen) atoms. The fourth-order valence-electron chi connectivity index (χ4n) is 0. The number of halogens is 5. The van der Waals surface area contributed by atoms with Gasteiger partial charge >= 0.3 is 67.5 Å². The molecule has 6 heteroatoms. The summed E-state index contributed by atoms with van der Waals surface area (Å²) in [5.74, 6) is 0. The molecule has 0 aromatic carbocycles. The number of rotatable bonds is 0. The van der Waals surface area contributed by atoms with Gasteiger partial charge in [0.1, 0.15) is 0 Å². The Labute approximate surface area is 65.5 Å². The SMILES string of the molecule is [Br][Cd]([Br])([Br])([Br])[Br]. The molecule has 0 aliphatic carbocycles. The summed E-state index contributed by atoms with van der Waals surface area (Å²) in [7, 11) is -2.84. The van der Waals surface area contributed by atoms with Crippen molar-refractivity contribution in [2.24, 2.45) is 0 Å². The second-order valence-corrected chi connectivity index (χ2v) is 183. The van der Waals surface area contributed by atoms with E-state index in [1.54, 1.807) is 0 Å². The predicted molar refractivity (Wildman–Crippen MR) is 44.6 cm³/mol. The molecule has 0 aliphatic heterocycles. The molecule has 0 unspecified atom stereocenters. The van der Waals surface area contributed by atoms with E-state index in [4.69, 9.17) is 0 Å². The molecular weight excluding hydrogens is 512 g/mol. The summed E-state index contributed by atoms with van der Waals surface area (Å²) in [6, 6.07) is 0. The first-order valence-corrected chi connectivity index (χ1v) is 46.6. The molecule has 0 bridgehead atoms. The van der Waals surface area contributed by atoms with Crippen molar-refractivity contribution in [3.63, 3.8) is 0 Å². The molecule has 0 rings (SSSR count). The Kier molecular flexibility index (Phi) is 3.91. The molecule has 0 heterocycles. The van der Waals surface area contributed by atoms with Crippen molar-refractivity contribution in [1.82, 2.24) is 0 Å². The van der Waals surface area contributed by atoms with Gasteiger partial charge < -0.3 is 0 Å². The van der Waals surface area contributed by atoms with Crippen LogP contribution < -0.4 is 0 Å². The fraction of sp³-hybridized carbons (Fsp3) is 0. The Bertz CT molecular complexity index is 37.1. The van der Waals surface area contributed by atoms with E-state index >= 15 is 0 Å². The Morgan fingerprint density at radius 1 is 0.667 bits per heavy atom. The van der Waals surface area contributed by atoms with Gasteiger partial charge in [-0.3, -0.25) is 0 Å². The van der Waals surface area contributed by atoms with Crippen molar-refractivity contribution in [2.45, 2.75) is 0 Å². The van der Waals surface area contributed by atoms with Gasteiger partial charge in [0.25, 0.3) is 0 Å². The van der Waals surface area contributed by atoms with E-state index in [0.29, 0.717) is 0 Å². The summed E-state index contributed by atoms with van der Waals surface area (Å²) in [4.78, 5) is 0. The summed E-state index contributed by atoms with van der Waals surface area (Å²) < 4.78 is 0. The van der Waals surface area contributed by atoms with Crippen molar-refractivity contribution in [3.05, 3.63) is 0 Å². The maximum atomic E-state index is 3.37. The van der Waals surface area contributed by atoms with Crippen LogP contribution in [-0.4, -0.2) is 0 Å². The Morgan fingerprint density at radius 2 is 0.667 bits per heavy atom. The van der Waals surface area contributed by atoms with Crippen molar-refractivity contribution >= 4 is 59.9 Å². The third-order valence-electron chi connectivity index (χ3n) is 0. The van der Waals surface area contributed by atoms with Crippen LogP contribution in [0.5, 0.6) is 0 Å². The number of hydrogen-bond acceptors (Lipinski definition) is 0. The average molecular weight is 512 g/mol. The minimum atomic E-state index is -2.84.